The van der Waals surface area contributed by atoms with Crippen molar-refractivity contribution in [3.63, 3.8) is 0 Å². The lowest BCUT2D eigenvalue weighted by molar-refractivity contribution is -0.106. The van der Waals surface area contributed by atoms with Gasteiger partial charge in [-0.15, -0.1) is 34.2 Å². The van der Waals surface area contributed by atoms with Gasteiger partial charge in [-0.05, 0) is 6.42 Å². The van der Waals surface area contributed by atoms with E-state index in [2.05, 4.69) is 53.5 Å². The van der Waals surface area contributed by atoms with Crippen LogP contribution in [0.5, 0.6) is 0 Å². The lowest BCUT2D eigenvalue weighted by Gasteiger charge is -2.54. The van der Waals surface area contributed by atoms with E-state index in [4.69, 9.17) is 4.74 Å². The Morgan fingerprint density at radius 1 is 1.42 bits per heavy atom. The summed E-state index contributed by atoms with van der Waals surface area (Å²) in [5.74, 6) is 1.85. The van der Waals surface area contributed by atoms with Crippen LogP contribution in [0.25, 0.3) is 0 Å². The summed E-state index contributed by atoms with van der Waals surface area (Å²) in [5.41, 5.74) is 0.145. The fourth-order valence-electron chi connectivity index (χ4n) is 3.69. The maximum Gasteiger partial charge on any atom is 0.191 e. The van der Waals surface area contributed by atoms with Crippen LogP contribution in [0.4, 0.5) is 0 Å². The molecule has 3 rings (SSSR count). The summed E-state index contributed by atoms with van der Waals surface area (Å²) in [4.78, 5) is 4.36. The van der Waals surface area contributed by atoms with E-state index in [1.807, 2.05) is 7.05 Å². The summed E-state index contributed by atoms with van der Waals surface area (Å²) in [6.07, 6.45) is 1.52. The zero-order valence-corrected chi connectivity index (χ0v) is 18.1. The molecule has 136 valence electrons. The predicted molar refractivity (Wildman–Crippen MR) is 108 cm³/mol. The molecule has 0 radical (unpaired) electrons. The van der Waals surface area contributed by atoms with Gasteiger partial charge in [0.15, 0.2) is 5.96 Å². The first-order chi connectivity index (χ1) is 10.9. The van der Waals surface area contributed by atoms with Gasteiger partial charge in [0.1, 0.15) is 10.0 Å². The average molecular weight is 465 g/mol. The molecule has 1 aromatic rings. The molecule has 3 atom stereocenters. The summed E-state index contributed by atoms with van der Waals surface area (Å²) in [7, 11) is 1.81. The lowest BCUT2D eigenvalue weighted by atomic mass is 9.57. The molecule has 0 bridgehead atoms. The van der Waals surface area contributed by atoms with Gasteiger partial charge >= 0.3 is 0 Å². The molecule has 0 spiro atoms. The highest BCUT2D eigenvalue weighted by Crippen LogP contribution is 2.52. The van der Waals surface area contributed by atoms with Crippen molar-refractivity contribution in [2.45, 2.75) is 58.7 Å². The smallest absolute Gasteiger partial charge is 0.191 e. The van der Waals surface area contributed by atoms with Crippen molar-refractivity contribution in [2.75, 3.05) is 13.7 Å². The molecule has 1 saturated carbocycles. The molecule has 2 heterocycles. The fourth-order valence-corrected chi connectivity index (χ4v) is 4.47. The predicted octanol–water partition coefficient (Wildman–Crippen LogP) is 2.76. The molecule has 3 unspecified atom stereocenters. The average Bonchev–Trinajstić information content (AvgIpc) is 3.15. The second-order valence-electron chi connectivity index (χ2n) is 7.30. The second kappa shape index (κ2) is 7.82. The number of rotatable bonds is 4. The van der Waals surface area contributed by atoms with Gasteiger partial charge in [0, 0.05) is 36.9 Å². The van der Waals surface area contributed by atoms with Gasteiger partial charge < -0.3 is 15.4 Å². The molecular formula is C16H28IN5OS. The van der Waals surface area contributed by atoms with Gasteiger partial charge in [-0.3, -0.25) is 4.99 Å². The number of aliphatic imine (C=N–C) groups is 1. The number of hydrogen-bond acceptors (Lipinski definition) is 5. The number of aromatic nitrogens is 2. The standard InChI is InChI=1S/C16H27N5OS.HI/c1-9(2)14-21-20-11(23-14)8-18-15(17-5)19-12-10-6-7-22-13(10)16(12,3)4;/h9-10,12-13H,6-8H2,1-5H3,(H2,17,18,19);1H. The molecule has 2 fully saturated rings. The zero-order valence-electron chi connectivity index (χ0n) is 15.0. The van der Waals surface area contributed by atoms with E-state index in [9.17, 15) is 0 Å². The molecule has 2 N–H and O–H groups in total. The molecule has 1 aliphatic carbocycles. The summed E-state index contributed by atoms with van der Waals surface area (Å²) in [6, 6.07) is 0.404. The number of halogens is 1. The van der Waals surface area contributed by atoms with E-state index in [0.717, 1.165) is 29.0 Å². The number of guanidine groups is 1. The summed E-state index contributed by atoms with van der Waals surface area (Å²) in [6.45, 7) is 10.3. The molecule has 24 heavy (non-hydrogen) atoms. The fraction of sp³-hybridized carbons (Fsp3) is 0.812. The van der Waals surface area contributed by atoms with Crippen molar-refractivity contribution in [2.24, 2.45) is 16.3 Å². The summed E-state index contributed by atoms with van der Waals surface area (Å²) < 4.78 is 5.85. The first-order valence-corrected chi connectivity index (χ1v) is 9.16. The molecule has 1 saturated heterocycles. The third-order valence-corrected chi connectivity index (χ3v) is 6.22. The molecule has 0 amide bonds. The highest BCUT2D eigenvalue weighted by molar-refractivity contribution is 14.0. The van der Waals surface area contributed by atoms with E-state index < -0.39 is 0 Å². The summed E-state index contributed by atoms with van der Waals surface area (Å²) >= 11 is 1.66. The minimum absolute atomic E-state index is 0. The largest absolute Gasteiger partial charge is 0.377 e. The highest BCUT2D eigenvalue weighted by Gasteiger charge is 2.59. The number of nitrogens with one attached hydrogen (secondary N) is 2. The van der Waals surface area contributed by atoms with Crippen LogP contribution in [0.3, 0.4) is 0 Å². The van der Waals surface area contributed by atoms with Crippen LogP contribution < -0.4 is 10.6 Å². The topological polar surface area (TPSA) is 71.4 Å². The quantitative estimate of drug-likeness (QED) is 0.407. The molecule has 8 heteroatoms. The van der Waals surface area contributed by atoms with Crippen LogP contribution >= 0.6 is 35.3 Å². The molecular weight excluding hydrogens is 437 g/mol. The minimum atomic E-state index is 0. The van der Waals surface area contributed by atoms with E-state index in [1.165, 1.54) is 0 Å². The molecule has 6 nitrogen and oxygen atoms in total. The second-order valence-corrected chi connectivity index (χ2v) is 8.40. The Bertz CT molecular complexity index is 589. The van der Waals surface area contributed by atoms with Crippen molar-refractivity contribution >= 4 is 41.3 Å². The van der Waals surface area contributed by atoms with Gasteiger partial charge in [0.05, 0.1) is 12.6 Å². The Morgan fingerprint density at radius 2 is 2.17 bits per heavy atom. The van der Waals surface area contributed by atoms with Crippen LogP contribution in [-0.2, 0) is 11.3 Å². The van der Waals surface area contributed by atoms with E-state index in [1.54, 1.807) is 11.3 Å². The van der Waals surface area contributed by atoms with Crippen molar-refractivity contribution < 1.29 is 4.74 Å². The number of hydrogen-bond donors (Lipinski definition) is 2. The van der Waals surface area contributed by atoms with E-state index >= 15 is 0 Å². The van der Waals surface area contributed by atoms with Gasteiger partial charge in [0.25, 0.3) is 0 Å². The monoisotopic (exact) mass is 465 g/mol. The molecule has 1 aliphatic heterocycles. The van der Waals surface area contributed by atoms with Crippen molar-refractivity contribution in [1.82, 2.24) is 20.8 Å². The van der Waals surface area contributed by atoms with Gasteiger partial charge in [-0.25, -0.2) is 0 Å². The highest BCUT2D eigenvalue weighted by atomic mass is 127. The maximum absolute atomic E-state index is 5.85. The van der Waals surface area contributed by atoms with Crippen LogP contribution in [0.15, 0.2) is 4.99 Å². The Labute approximate surface area is 165 Å². The SMILES string of the molecule is CN=C(NCc1nnc(C(C)C)s1)NC1C2CCOC2C1(C)C.I. The Kier molecular flexibility index (Phi) is 6.46. The summed E-state index contributed by atoms with van der Waals surface area (Å²) in [5, 5.41) is 17.5. The molecule has 2 aliphatic rings. The lowest BCUT2D eigenvalue weighted by Crippen LogP contribution is -2.67. The Hall–Kier alpha value is -0.480. The Balaban J connectivity index is 0.00000208. The first kappa shape index (κ1) is 19.8. The van der Waals surface area contributed by atoms with Crippen LogP contribution in [-0.4, -0.2) is 42.0 Å². The van der Waals surface area contributed by atoms with E-state index in [0.29, 0.717) is 30.5 Å². The van der Waals surface area contributed by atoms with Crippen LogP contribution in [0.1, 0.15) is 50.0 Å². The Morgan fingerprint density at radius 3 is 2.79 bits per heavy atom. The molecule has 0 aromatic carbocycles. The number of fused-ring (bicyclic) bond motifs is 1. The number of nitrogens with zero attached hydrogens (tertiary/aromatic N) is 3. The normalized spacial score (nSPS) is 28.1. The third kappa shape index (κ3) is 3.70. The zero-order chi connectivity index (χ0) is 16.6. The first-order valence-electron chi connectivity index (χ1n) is 8.34. The van der Waals surface area contributed by atoms with Gasteiger partial charge in [-0.2, -0.15) is 0 Å². The van der Waals surface area contributed by atoms with Crippen LogP contribution in [0.2, 0.25) is 0 Å². The van der Waals surface area contributed by atoms with Crippen molar-refractivity contribution in [1.29, 1.82) is 0 Å². The third-order valence-electron chi connectivity index (χ3n) is 5.00. The van der Waals surface area contributed by atoms with Gasteiger partial charge in [-0.1, -0.05) is 39.0 Å². The number of ether oxygens (including phenoxy) is 1. The van der Waals surface area contributed by atoms with Crippen LogP contribution in [0, 0.1) is 11.3 Å². The van der Waals surface area contributed by atoms with Crippen molar-refractivity contribution in [3.05, 3.63) is 10.0 Å². The minimum Gasteiger partial charge on any atom is -0.377 e. The van der Waals surface area contributed by atoms with Gasteiger partial charge in [0.2, 0.25) is 0 Å². The maximum atomic E-state index is 5.85. The molecule has 1 aromatic heterocycles. The van der Waals surface area contributed by atoms with Crippen molar-refractivity contribution in [3.8, 4) is 0 Å². The van der Waals surface area contributed by atoms with E-state index in [-0.39, 0.29) is 29.4 Å².